The van der Waals surface area contributed by atoms with Crippen molar-refractivity contribution in [2.75, 3.05) is 21.1 Å². The molecule has 1 N–H and O–H groups in total. The first kappa shape index (κ1) is 17.2. The van der Waals surface area contributed by atoms with Crippen LogP contribution in [0.25, 0.3) is 0 Å². The quantitative estimate of drug-likeness (QED) is 0.851. The van der Waals surface area contributed by atoms with Crippen molar-refractivity contribution >= 4 is 0 Å². The molecule has 4 heteroatoms. The summed E-state index contributed by atoms with van der Waals surface area (Å²) in [5, 5.41) is 11.7. The number of aliphatic hydroxyl groups is 1. The van der Waals surface area contributed by atoms with Gasteiger partial charge in [0, 0.05) is 5.92 Å². The summed E-state index contributed by atoms with van der Waals surface area (Å²) in [5.74, 6) is 1.43. The van der Waals surface area contributed by atoms with Crippen molar-refractivity contribution < 1.29 is 14.0 Å². The number of benzene rings is 1. The molecule has 1 atom stereocenters. The standard InChI is InChI=1S/C20H29N2O2/c1-22(2,3)15-18-14-21-19(24-18)20(23,16-10-6-4-7-11-16)17-12-8-5-9-13-17/h4,6-7,10-11,14,17,23H,5,8-9,12-13,15H2,1-3H3/q+1/t20-/m0/s1. The van der Waals surface area contributed by atoms with Crippen molar-refractivity contribution in [3.63, 3.8) is 0 Å². The number of hydrogen-bond acceptors (Lipinski definition) is 3. The fraction of sp³-hybridized carbons (Fsp3) is 0.550. The molecule has 1 fully saturated rings. The zero-order valence-electron chi connectivity index (χ0n) is 15.0. The molecule has 0 saturated heterocycles. The lowest BCUT2D eigenvalue weighted by molar-refractivity contribution is -0.884. The summed E-state index contributed by atoms with van der Waals surface area (Å²) < 4.78 is 6.82. The monoisotopic (exact) mass is 329 g/mol. The first-order chi connectivity index (χ1) is 11.4. The van der Waals surface area contributed by atoms with Gasteiger partial charge in [-0.1, -0.05) is 49.6 Å². The highest BCUT2D eigenvalue weighted by Gasteiger charge is 2.44. The van der Waals surface area contributed by atoms with Gasteiger partial charge in [0.25, 0.3) is 0 Å². The Kier molecular flexibility index (Phi) is 4.79. The maximum atomic E-state index is 11.7. The minimum atomic E-state index is -1.13. The number of nitrogens with zero attached hydrogens (tertiary/aromatic N) is 2. The molecule has 0 bridgehead atoms. The van der Waals surface area contributed by atoms with Crippen LogP contribution in [0.5, 0.6) is 0 Å². The molecule has 4 nitrogen and oxygen atoms in total. The minimum Gasteiger partial charge on any atom is -0.436 e. The van der Waals surface area contributed by atoms with Gasteiger partial charge < -0.3 is 14.0 Å². The average Bonchev–Trinajstić information content (AvgIpc) is 3.02. The van der Waals surface area contributed by atoms with E-state index >= 15 is 0 Å². The molecule has 0 unspecified atom stereocenters. The van der Waals surface area contributed by atoms with Crippen molar-refractivity contribution in [3.05, 3.63) is 53.7 Å². The third-order valence-electron chi connectivity index (χ3n) is 4.92. The minimum absolute atomic E-state index is 0.157. The van der Waals surface area contributed by atoms with Crippen LogP contribution >= 0.6 is 0 Å². The third-order valence-corrected chi connectivity index (χ3v) is 4.92. The first-order valence-electron chi connectivity index (χ1n) is 8.93. The van der Waals surface area contributed by atoms with Crippen LogP contribution in [0.2, 0.25) is 0 Å². The Bertz CT molecular complexity index is 654. The van der Waals surface area contributed by atoms with Crippen molar-refractivity contribution in [1.29, 1.82) is 0 Å². The van der Waals surface area contributed by atoms with E-state index in [1.54, 1.807) is 6.20 Å². The molecule has 0 spiro atoms. The largest absolute Gasteiger partial charge is 0.436 e. The number of hydrogen-bond donors (Lipinski definition) is 1. The molecule has 0 radical (unpaired) electrons. The summed E-state index contributed by atoms with van der Waals surface area (Å²) in [6.45, 7) is 0.753. The Morgan fingerprint density at radius 2 is 1.79 bits per heavy atom. The molecule has 1 aliphatic carbocycles. The fourth-order valence-corrected chi connectivity index (χ4v) is 3.77. The fourth-order valence-electron chi connectivity index (χ4n) is 3.77. The molecule has 2 aromatic rings. The second-order valence-corrected chi connectivity index (χ2v) is 8.05. The van der Waals surface area contributed by atoms with Crippen molar-refractivity contribution in [1.82, 2.24) is 4.98 Å². The third kappa shape index (κ3) is 3.55. The van der Waals surface area contributed by atoms with Gasteiger partial charge in [-0.25, -0.2) is 4.98 Å². The molecule has 1 heterocycles. The maximum absolute atomic E-state index is 11.7. The first-order valence-corrected chi connectivity index (χ1v) is 8.93. The summed E-state index contributed by atoms with van der Waals surface area (Å²) in [6, 6.07) is 9.89. The predicted octanol–water partition coefficient (Wildman–Crippen LogP) is 3.70. The van der Waals surface area contributed by atoms with E-state index in [0.29, 0.717) is 5.89 Å². The lowest BCUT2D eigenvalue weighted by atomic mass is 9.73. The smallest absolute Gasteiger partial charge is 0.231 e. The van der Waals surface area contributed by atoms with Gasteiger partial charge in [-0.15, -0.1) is 0 Å². The van der Waals surface area contributed by atoms with Crippen LogP contribution in [-0.2, 0) is 12.1 Å². The Morgan fingerprint density at radius 3 is 2.42 bits per heavy atom. The second-order valence-electron chi connectivity index (χ2n) is 8.05. The van der Waals surface area contributed by atoms with Crippen LogP contribution in [0.1, 0.15) is 49.3 Å². The summed E-state index contributed by atoms with van der Waals surface area (Å²) in [7, 11) is 6.35. The highest BCUT2D eigenvalue weighted by molar-refractivity contribution is 5.30. The van der Waals surface area contributed by atoms with E-state index in [1.165, 1.54) is 6.42 Å². The molecule has 3 rings (SSSR count). The van der Waals surface area contributed by atoms with Crippen LogP contribution in [0.15, 0.2) is 40.9 Å². The van der Waals surface area contributed by atoms with Crippen LogP contribution < -0.4 is 0 Å². The lowest BCUT2D eigenvalue weighted by Crippen LogP contribution is -2.38. The number of oxazole rings is 1. The van der Waals surface area contributed by atoms with Crippen molar-refractivity contribution in [3.8, 4) is 0 Å². The van der Waals surface area contributed by atoms with Gasteiger partial charge in [0.2, 0.25) is 5.89 Å². The van der Waals surface area contributed by atoms with E-state index in [0.717, 1.165) is 48.0 Å². The maximum Gasteiger partial charge on any atom is 0.231 e. The molecular weight excluding hydrogens is 300 g/mol. The second kappa shape index (κ2) is 6.69. The van der Waals surface area contributed by atoms with E-state index in [-0.39, 0.29) is 5.92 Å². The molecule has 24 heavy (non-hydrogen) atoms. The summed E-state index contributed by atoms with van der Waals surface area (Å²) >= 11 is 0. The molecule has 0 aliphatic heterocycles. The zero-order chi connectivity index (χ0) is 17.2. The molecule has 1 saturated carbocycles. The van der Waals surface area contributed by atoms with E-state index in [9.17, 15) is 5.11 Å². The van der Waals surface area contributed by atoms with Gasteiger partial charge in [-0.05, 0) is 18.4 Å². The molecule has 130 valence electrons. The van der Waals surface area contributed by atoms with Crippen LogP contribution in [0.3, 0.4) is 0 Å². The predicted molar refractivity (Wildman–Crippen MR) is 94.3 cm³/mol. The van der Waals surface area contributed by atoms with E-state index in [4.69, 9.17) is 4.42 Å². The van der Waals surface area contributed by atoms with Crippen LogP contribution in [0.4, 0.5) is 0 Å². The van der Waals surface area contributed by atoms with E-state index < -0.39 is 5.60 Å². The van der Waals surface area contributed by atoms with Gasteiger partial charge in [-0.2, -0.15) is 0 Å². The zero-order valence-corrected chi connectivity index (χ0v) is 15.0. The average molecular weight is 329 g/mol. The molecule has 0 amide bonds. The lowest BCUT2D eigenvalue weighted by Gasteiger charge is -2.36. The molecule has 1 aliphatic rings. The molecule has 1 aromatic carbocycles. The van der Waals surface area contributed by atoms with E-state index in [2.05, 4.69) is 26.1 Å². The number of quaternary nitrogens is 1. The summed E-state index contributed by atoms with van der Waals surface area (Å²) in [5.41, 5.74) is -0.249. The highest BCUT2D eigenvalue weighted by atomic mass is 16.4. The molecule has 1 aromatic heterocycles. The van der Waals surface area contributed by atoms with Gasteiger partial charge >= 0.3 is 0 Å². The number of aromatic nitrogens is 1. The van der Waals surface area contributed by atoms with Crippen molar-refractivity contribution in [2.24, 2.45) is 5.92 Å². The summed E-state index contributed by atoms with van der Waals surface area (Å²) in [4.78, 5) is 4.50. The Balaban J connectivity index is 1.99. The topological polar surface area (TPSA) is 46.3 Å². The van der Waals surface area contributed by atoms with Gasteiger partial charge in [0.1, 0.15) is 6.54 Å². The Morgan fingerprint density at radius 1 is 1.12 bits per heavy atom. The highest BCUT2D eigenvalue weighted by Crippen LogP contribution is 2.43. The summed E-state index contributed by atoms with van der Waals surface area (Å²) in [6.07, 6.45) is 7.37. The van der Waals surface area contributed by atoms with Gasteiger partial charge in [0.15, 0.2) is 11.4 Å². The number of rotatable bonds is 5. The normalized spacial score (nSPS) is 19.2. The van der Waals surface area contributed by atoms with Gasteiger partial charge in [-0.3, -0.25) is 0 Å². The van der Waals surface area contributed by atoms with Crippen LogP contribution in [-0.4, -0.2) is 35.7 Å². The van der Waals surface area contributed by atoms with E-state index in [1.807, 2.05) is 30.3 Å². The molecular formula is C20H29N2O2+. The van der Waals surface area contributed by atoms with Crippen LogP contribution in [0, 0.1) is 5.92 Å². The Labute approximate surface area is 144 Å². The Hall–Kier alpha value is -1.65. The SMILES string of the molecule is C[N+](C)(C)Cc1cnc([C@](O)(c2ccccc2)C2CCCCC2)o1. The van der Waals surface area contributed by atoms with Crippen molar-refractivity contribution in [2.45, 2.75) is 44.2 Å². The van der Waals surface area contributed by atoms with Gasteiger partial charge in [0.05, 0.1) is 27.3 Å².